The Kier molecular flexibility index (Phi) is 12.4. The summed E-state index contributed by atoms with van der Waals surface area (Å²) in [7, 11) is 0. The van der Waals surface area contributed by atoms with Crippen molar-refractivity contribution in [3.8, 4) is 0 Å². The first-order valence-corrected chi connectivity index (χ1v) is 16.7. The van der Waals surface area contributed by atoms with Crippen molar-refractivity contribution in [3.05, 3.63) is 65.9 Å². The van der Waals surface area contributed by atoms with Gasteiger partial charge in [0.05, 0.1) is 44.1 Å². The lowest BCUT2D eigenvalue weighted by atomic mass is 10.0. The van der Waals surface area contributed by atoms with Crippen LogP contribution in [-0.2, 0) is 36.7 Å². The molecular weight excluding hydrogens is 610 g/mol. The van der Waals surface area contributed by atoms with Crippen molar-refractivity contribution >= 4 is 35.4 Å². The average Bonchev–Trinajstić information content (AvgIpc) is 3.76. The van der Waals surface area contributed by atoms with Crippen molar-refractivity contribution in [3.63, 3.8) is 0 Å². The van der Waals surface area contributed by atoms with Crippen LogP contribution >= 0.6 is 11.9 Å². The maximum Gasteiger partial charge on any atom is 0.407 e. The summed E-state index contributed by atoms with van der Waals surface area (Å²) in [6.07, 6.45) is 1.51. The second kappa shape index (κ2) is 16.6. The van der Waals surface area contributed by atoms with Crippen LogP contribution in [0.4, 0.5) is 4.79 Å². The molecule has 5 atom stereocenters. The predicted octanol–water partition coefficient (Wildman–Crippen LogP) is 4.81. The summed E-state index contributed by atoms with van der Waals surface area (Å²) in [4.78, 5) is 27.2. The standard InChI is InChI=1S/C34H45N3O8S/c1-4-41-22-36(21-38)17-25-19-43-31-11-10-26(15-28(25)31)46-37(16-23(2)3)18-30(39)29(14-24-8-6-5-7-9-24)35-34(40)45-32-20-44-33-27(32)12-13-42-33/h5-11,15,19,21,23,27,29-30,32-33,39H,4,12-14,16-18,20,22H2,1-3H3,(H,35,40). The first-order chi connectivity index (χ1) is 22.3. The lowest BCUT2D eigenvalue weighted by Crippen LogP contribution is -2.50. The quantitative estimate of drug-likeness (QED) is 0.119. The first kappa shape index (κ1) is 34.2. The third kappa shape index (κ3) is 9.24. The van der Waals surface area contributed by atoms with E-state index in [2.05, 4.69) is 23.5 Å². The van der Waals surface area contributed by atoms with E-state index in [9.17, 15) is 14.7 Å². The van der Waals surface area contributed by atoms with Crippen LogP contribution in [0.1, 0.15) is 38.3 Å². The van der Waals surface area contributed by atoms with Gasteiger partial charge in [0, 0.05) is 35.5 Å². The second-order valence-electron chi connectivity index (χ2n) is 12.2. The van der Waals surface area contributed by atoms with Crippen molar-refractivity contribution in [2.75, 3.05) is 39.6 Å². The average molecular weight is 656 g/mol. The van der Waals surface area contributed by atoms with E-state index in [-0.39, 0.29) is 25.0 Å². The molecule has 5 rings (SSSR count). The molecule has 2 aliphatic rings. The number of hydrogen-bond acceptors (Lipinski definition) is 10. The molecule has 3 heterocycles. The van der Waals surface area contributed by atoms with Crippen LogP contribution < -0.4 is 5.32 Å². The molecule has 11 nitrogen and oxygen atoms in total. The Morgan fingerprint density at radius 2 is 2.00 bits per heavy atom. The minimum Gasteiger partial charge on any atom is -0.464 e. The zero-order valence-corrected chi connectivity index (χ0v) is 27.5. The Morgan fingerprint density at radius 1 is 1.17 bits per heavy atom. The number of nitrogens with one attached hydrogen (secondary N) is 1. The van der Waals surface area contributed by atoms with E-state index in [1.165, 1.54) is 11.9 Å². The van der Waals surface area contributed by atoms with Crippen LogP contribution in [-0.4, -0.2) is 91.0 Å². The van der Waals surface area contributed by atoms with Crippen LogP contribution in [0, 0.1) is 11.8 Å². The van der Waals surface area contributed by atoms with Gasteiger partial charge < -0.3 is 38.7 Å². The SMILES string of the molecule is CCOCN(C=O)Cc1coc2ccc(SN(CC(C)C)CC(O)C(Cc3ccccc3)NC(=O)OC3COC4OCCC34)cc12. The van der Waals surface area contributed by atoms with Crippen LogP contribution in [0.15, 0.2) is 64.1 Å². The molecule has 0 radical (unpaired) electrons. The Labute approximate surface area is 274 Å². The summed E-state index contributed by atoms with van der Waals surface area (Å²) < 4.78 is 30.3. The summed E-state index contributed by atoms with van der Waals surface area (Å²) in [5, 5.41) is 15.5. The van der Waals surface area contributed by atoms with E-state index >= 15 is 0 Å². The zero-order valence-electron chi connectivity index (χ0n) is 26.7. The zero-order chi connectivity index (χ0) is 32.5. The van der Waals surface area contributed by atoms with Crippen molar-refractivity contribution < 1.29 is 38.1 Å². The smallest absolute Gasteiger partial charge is 0.407 e. The van der Waals surface area contributed by atoms with Crippen LogP contribution in [0.3, 0.4) is 0 Å². The number of fused-ring (bicyclic) bond motifs is 2. The maximum atomic E-state index is 13.1. The van der Waals surface area contributed by atoms with Gasteiger partial charge in [-0.2, -0.15) is 0 Å². The Hall–Kier alpha value is -3.13. The number of amides is 2. The molecule has 2 amide bonds. The van der Waals surface area contributed by atoms with Crippen molar-refractivity contribution in [2.45, 2.75) is 69.6 Å². The topological polar surface area (TPSA) is 123 Å². The van der Waals surface area contributed by atoms with Gasteiger partial charge in [-0.3, -0.25) is 4.79 Å². The molecule has 46 heavy (non-hydrogen) atoms. The third-order valence-corrected chi connectivity index (χ3v) is 9.13. The van der Waals surface area contributed by atoms with Gasteiger partial charge in [-0.25, -0.2) is 9.10 Å². The van der Waals surface area contributed by atoms with Crippen LogP contribution in [0.2, 0.25) is 0 Å². The van der Waals surface area contributed by atoms with Gasteiger partial charge in [0.25, 0.3) is 0 Å². The molecular formula is C34H45N3O8S. The summed E-state index contributed by atoms with van der Waals surface area (Å²) >= 11 is 1.54. The van der Waals surface area contributed by atoms with Gasteiger partial charge in [-0.05, 0) is 61.4 Å². The highest BCUT2D eigenvalue weighted by molar-refractivity contribution is 7.97. The van der Waals surface area contributed by atoms with E-state index in [4.69, 9.17) is 23.4 Å². The molecule has 2 N–H and O–H groups in total. The molecule has 2 aromatic carbocycles. The molecule has 0 saturated carbocycles. The van der Waals surface area contributed by atoms with Crippen molar-refractivity contribution in [2.24, 2.45) is 11.8 Å². The number of rotatable bonds is 17. The fourth-order valence-corrected chi connectivity index (χ4v) is 7.04. The van der Waals surface area contributed by atoms with Crippen LogP contribution in [0.5, 0.6) is 0 Å². The Balaban J connectivity index is 1.28. The predicted molar refractivity (Wildman–Crippen MR) is 174 cm³/mol. The largest absolute Gasteiger partial charge is 0.464 e. The number of benzene rings is 2. The Morgan fingerprint density at radius 3 is 2.76 bits per heavy atom. The summed E-state index contributed by atoms with van der Waals surface area (Å²) in [6.45, 7) is 9.13. The lowest BCUT2D eigenvalue weighted by molar-refractivity contribution is -0.123. The minimum absolute atomic E-state index is 0.0282. The first-order valence-electron chi connectivity index (χ1n) is 15.9. The number of alkyl carbamates (subject to hydrolysis) is 1. The second-order valence-corrected chi connectivity index (χ2v) is 13.4. The highest BCUT2D eigenvalue weighted by Gasteiger charge is 2.44. The molecule has 0 spiro atoms. The highest BCUT2D eigenvalue weighted by atomic mass is 32.2. The molecule has 1 aromatic heterocycles. The molecule has 5 unspecified atom stereocenters. The van der Waals surface area contributed by atoms with Gasteiger partial charge in [0.2, 0.25) is 6.41 Å². The molecule has 2 saturated heterocycles. The van der Waals surface area contributed by atoms with E-state index in [0.29, 0.717) is 51.8 Å². The van der Waals surface area contributed by atoms with Gasteiger partial charge >= 0.3 is 6.09 Å². The molecule has 0 bridgehead atoms. The van der Waals surface area contributed by atoms with E-state index in [1.807, 2.05) is 55.5 Å². The number of carbonyl (C=O) groups is 2. The van der Waals surface area contributed by atoms with Crippen LogP contribution in [0.25, 0.3) is 11.0 Å². The number of nitrogens with zero attached hydrogens (tertiary/aromatic N) is 2. The lowest BCUT2D eigenvalue weighted by Gasteiger charge is -2.30. The number of aliphatic hydroxyl groups is 1. The number of aliphatic hydroxyl groups excluding tert-OH is 1. The Bertz CT molecular complexity index is 1410. The number of ether oxygens (including phenoxy) is 4. The summed E-state index contributed by atoms with van der Waals surface area (Å²) in [5.74, 6) is 0.350. The molecule has 0 aliphatic carbocycles. The fraction of sp³-hybridized carbons (Fsp3) is 0.529. The number of carbonyl (C=O) groups excluding carboxylic acids is 2. The number of furan rings is 1. The third-order valence-electron chi connectivity index (χ3n) is 8.11. The monoisotopic (exact) mass is 655 g/mol. The maximum absolute atomic E-state index is 13.1. The van der Waals surface area contributed by atoms with Gasteiger partial charge in [0.15, 0.2) is 6.29 Å². The molecule has 12 heteroatoms. The van der Waals surface area contributed by atoms with E-state index in [1.54, 1.807) is 11.2 Å². The molecule has 2 aliphatic heterocycles. The highest BCUT2D eigenvalue weighted by Crippen LogP contribution is 2.33. The van der Waals surface area contributed by atoms with E-state index in [0.717, 1.165) is 39.8 Å². The van der Waals surface area contributed by atoms with Gasteiger partial charge in [0.1, 0.15) is 18.4 Å². The molecule has 250 valence electrons. The fourth-order valence-electron chi connectivity index (χ4n) is 5.84. The normalized spacial score (nSPS) is 20.6. The summed E-state index contributed by atoms with van der Waals surface area (Å²) in [6, 6.07) is 15.1. The molecule has 3 aromatic rings. The van der Waals surface area contributed by atoms with Crippen molar-refractivity contribution in [1.29, 1.82) is 0 Å². The van der Waals surface area contributed by atoms with E-state index < -0.39 is 18.2 Å². The number of hydrogen-bond donors (Lipinski definition) is 2. The van der Waals surface area contributed by atoms with Gasteiger partial charge in [-0.1, -0.05) is 44.2 Å². The molecule has 2 fully saturated rings. The summed E-state index contributed by atoms with van der Waals surface area (Å²) in [5.41, 5.74) is 2.61. The van der Waals surface area contributed by atoms with Gasteiger partial charge in [-0.15, -0.1) is 0 Å². The minimum atomic E-state index is -0.894. The van der Waals surface area contributed by atoms with Crippen molar-refractivity contribution in [1.82, 2.24) is 14.5 Å².